The van der Waals surface area contributed by atoms with Gasteiger partial charge in [0.2, 0.25) is 5.95 Å². The molecule has 21 heavy (non-hydrogen) atoms. The van der Waals surface area contributed by atoms with Gasteiger partial charge in [0.15, 0.2) is 0 Å². The molecule has 0 saturated carbocycles. The van der Waals surface area contributed by atoms with E-state index in [2.05, 4.69) is 24.9 Å². The molecule has 0 radical (unpaired) electrons. The highest BCUT2D eigenvalue weighted by Crippen LogP contribution is 2.23. The molecule has 1 aromatic carbocycles. The Morgan fingerprint density at radius 2 is 2.14 bits per heavy atom. The molecule has 2 heterocycles. The number of hydrogen-bond acceptors (Lipinski definition) is 6. The highest BCUT2D eigenvalue weighted by Gasteiger charge is 2.19. The van der Waals surface area contributed by atoms with E-state index < -0.39 is 10.0 Å². The number of H-pyrrole nitrogens is 1. The number of nitrogens with one attached hydrogen (secondary N) is 2. The zero-order valence-corrected chi connectivity index (χ0v) is 11.8. The van der Waals surface area contributed by atoms with Gasteiger partial charge in [0.1, 0.15) is 0 Å². The molecule has 0 aliphatic carbocycles. The van der Waals surface area contributed by atoms with E-state index in [0.717, 1.165) is 5.39 Å². The molecular formula is C12H11N5O3S. The normalized spacial score (nSPS) is 11.5. The van der Waals surface area contributed by atoms with Gasteiger partial charge < -0.3 is 4.74 Å². The number of hydrogen-bond donors (Lipinski definition) is 2. The van der Waals surface area contributed by atoms with Crippen molar-refractivity contribution in [1.29, 1.82) is 0 Å². The molecule has 0 atom stereocenters. The quantitative estimate of drug-likeness (QED) is 0.748. The van der Waals surface area contributed by atoms with Gasteiger partial charge in [-0.2, -0.15) is 4.98 Å². The molecular weight excluding hydrogens is 294 g/mol. The number of sulfonamides is 1. The average molecular weight is 305 g/mol. The maximum absolute atomic E-state index is 12.5. The lowest BCUT2D eigenvalue weighted by Crippen LogP contribution is -2.14. The van der Waals surface area contributed by atoms with E-state index in [1.807, 2.05) is 0 Å². The van der Waals surface area contributed by atoms with Crippen LogP contribution in [0.5, 0.6) is 6.01 Å². The number of fused-ring (bicyclic) bond motifs is 1. The van der Waals surface area contributed by atoms with Crippen molar-refractivity contribution in [2.45, 2.75) is 4.90 Å². The first-order chi connectivity index (χ1) is 10.1. The second-order valence-corrected chi connectivity index (χ2v) is 5.78. The number of ether oxygens (including phenoxy) is 1. The number of methoxy groups -OCH3 is 1. The van der Waals surface area contributed by atoms with Crippen LogP contribution in [0.1, 0.15) is 0 Å². The minimum atomic E-state index is -3.80. The Labute approximate surface area is 120 Å². The van der Waals surface area contributed by atoms with Crippen molar-refractivity contribution in [2.75, 3.05) is 11.8 Å². The number of anilines is 1. The lowest BCUT2D eigenvalue weighted by atomic mass is 10.2. The molecule has 0 fully saturated rings. The zero-order chi connectivity index (χ0) is 14.9. The number of aromatic nitrogens is 4. The summed E-state index contributed by atoms with van der Waals surface area (Å²) in [6.07, 6.45) is 3.14. The minimum absolute atomic E-state index is 0.0158. The molecule has 108 valence electrons. The second kappa shape index (κ2) is 5.02. The monoisotopic (exact) mass is 305 g/mol. The van der Waals surface area contributed by atoms with Crippen molar-refractivity contribution in [3.8, 4) is 6.01 Å². The lowest BCUT2D eigenvalue weighted by Gasteiger charge is -2.07. The van der Waals surface area contributed by atoms with Crippen molar-refractivity contribution in [3.63, 3.8) is 0 Å². The van der Waals surface area contributed by atoms with Crippen LogP contribution in [0.15, 0.2) is 41.6 Å². The van der Waals surface area contributed by atoms with Gasteiger partial charge in [-0.1, -0.05) is 12.1 Å². The van der Waals surface area contributed by atoms with E-state index in [9.17, 15) is 8.42 Å². The summed E-state index contributed by atoms with van der Waals surface area (Å²) in [4.78, 5) is 7.94. The minimum Gasteiger partial charge on any atom is -0.466 e. The Morgan fingerprint density at radius 1 is 1.29 bits per heavy atom. The number of aromatic amines is 1. The number of pyridine rings is 1. The first-order valence-corrected chi connectivity index (χ1v) is 7.40. The summed E-state index contributed by atoms with van der Waals surface area (Å²) >= 11 is 0. The van der Waals surface area contributed by atoms with E-state index in [1.54, 1.807) is 30.6 Å². The van der Waals surface area contributed by atoms with E-state index in [1.165, 1.54) is 13.2 Å². The van der Waals surface area contributed by atoms with Gasteiger partial charge >= 0.3 is 6.01 Å². The fourth-order valence-electron chi connectivity index (χ4n) is 1.89. The van der Waals surface area contributed by atoms with Crippen LogP contribution in [0.4, 0.5) is 5.95 Å². The molecule has 0 bridgehead atoms. The molecule has 0 saturated heterocycles. The molecule has 9 heteroatoms. The highest BCUT2D eigenvalue weighted by atomic mass is 32.2. The van der Waals surface area contributed by atoms with E-state index in [0.29, 0.717) is 5.39 Å². The van der Waals surface area contributed by atoms with Crippen LogP contribution >= 0.6 is 0 Å². The van der Waals surface area contributed by atoms with Crippen molar-refractivity contribution < 1.29 is 13.2 Å². The topological polar surface area (TPSA) is 110 Å². The van der Waals surface area contributed by atoms with Gasteiger partial charge in [-0.25, -0.2) is 18.2 Å². The summed E-state index contributed by atoms with van der Waals surface area (Å²) in [5.41, 5.74) is 0. The Bertz CT molecular complexity index is 885. The molecule has 0 aliphatic rings. The highest BCUT2D eigenvalue weighted by molar-refractivity contribution is 7.93. The van der Waals surface area contributed by atoms with Gasteiger partial charge in [-0.15, -0.1) is 5.10 Å². The van der Waals surface area contributed by atoms with Crippen LogP contribution in [-0.4, -0.2) is 35.7 Å². The molecule has 2 aromatic heterocycles. The molecule has 0 amide bonds. The molecule has 3 aromatic rings. The number of benzene rings is 1. The van der Waals surface area contributed by atoms with Crippen LogP contribution < -0.4 is 9.46 Å². The molecule has 0 unspecified atom stereocenters. The summed E-state index contributed by atoms with van der Waals surface area (Å²) in [5.74, 6) is -0.0158. The third-order valence-electron chi connectivity index (χ3n) is 2.81. The lowest BCUT2D eigenvalue weighted by molar-refractivity contribution is 0.382. The van der Waals surface area contributed by atoms with Crippen LogP contribution in [0.3, 0.4) is 0 Å². The van der Waals surface area contributed by atoms with Gasteiger partial charge in [-0.05, 0) is 12.1 Å². The first-order valence-electron chi connectivity index (χ1n) is 5.92. The number of rotatable bonds is 4. The third kappa shape index (κ3) is 2.50. The van der Waals surface area contributed by atoms with Crippen LogP contribution in [0.25, 0.3) is 10.8 Å². The van der Waals surface area contributed by atoms with E-state index >= 15 is 0 Å². The van der Waals surface area contributed by atoms with Gasteiger partial charge in [0.05, 0.1) is 12.0 Å². The fourth-order valence-corrected chi connectivity index (χ4v) is 3.08. The van der Waals surface area contributed by atoms with E-state index in [-0.39, 0.29) is 16.9 Å². The number of nitrogens with zero attached hydrogens (tertiary/aromatic N) is 3. The van der Waals surface area contributed by atoms with Crippen LogP contribution in [-0.2, 0) is 10.0 Å². The fraction of sp³-hybridized carbons (Fsp3) is 0.0833. The molecule has 2 N–H and O–H groups in total. The molecule has 8 nitrogen and oxygen atoms in total. The molecule has 0 aliphatic heterocycles. The predicted octanol–water partition coefficient (Wildman–Crippen LogP) is 1.16. The zero-order valence-electron chi connectivity index (χ0n) is 10.9. The smallest absolute Gasteiger partial charge is 0.336 e. The predicted molar refractivity (Wildman–Crippen MR) is 75.5 cm³/mol. The summed E-state index contributed by atoms with van der Waals surface area (Å²) < 4.78 is 32.0. The van der Waals surface area contributed by atoms with Crippen molar-refractivity contribution in [2.24, 2.45) is 0 Å². The maximum atomic E-state index is 12.5. The van der Waals surface area contributed by atoms with Crippen molar-refractivity contribution in [1.82, 2.24) is 20.2 Å². The standard InChI is InChI=1S/C12H11N5O3S/c1-20-12-14-11(15-16-12)17-21(18,19)10-4-2-3-8-7-13-6-5-9(8)10/h2-7H,1H3,(H2,14,15,16,17). The Kier molecular flexibility index (Phi) is 3.18. The van der Waals surface area contributed by atoms with Crippen LogP contribution in [0, 0.1) is 0 Å². The summed E-state index contributed by atoms with van der Waals surface area (Å²) in [6, 6.07) is 6.65. The SMILES string of the molecule is COc1n[nH]c(NS(=O)(=O)c2cccc3cnccc23)n1. The second-order valence-electron chi connectivity index (χ2n) is 4.13. The third-order valence-corrected chi connectivity index (χ3v) is 4.21. The van der Waals surface area contributed by atoms with Gasteiger partial charge in [-0.3, -0.25) is 4.98 Å². The Hall–Kier alpha value is -2.68. The average Bonchev–Trinajstić information content (AvgIpc) is 2.93. The Morgan fingerprint density at radius 3 is 2.90 bits per heavy atom. The van der Waals surface area contributed by atoms with Crippen molar-refractivity contribution in [3.05, 3.63) is 36.7 Å². The Balaban J connectivity index is 2.04. The van der Waals surface area contributed by atoms with Gasteiger partial charge in [0, 0.05) is 23.2 Å². The van der Waals surface area contributed by atoms with E-state index in [4.69, 9.17) is 4.74 Å². The summed E-state index contributed by atoms with van der Waals surface area (Å²) in [5, 5.41) is 7.43. The van der Waals surface area contributed by atoms with Crippen LogP contribution in [0.2, 0.25) is 0 Å². The summed E-state index contributed by atoms with van der Waals surface area (Å²) in [6.45, 7) is 0. The first kappa shape index (κ1) is 13.3. The van der Waals surface area contributed by atoms with Crippen molar-refractivity contribution >= 4 is 26.7 Å². The molecule has 3 rings (SSSR count). The maximum Gasteiger partial charge on any atom is 0.336 e. The molecule has 0 spiro atoms. The largest absolute Gasteiger partial charge is 0.466 e. The van der Waals surface area contributed by atoms with Gasteiger partial charge in [0.25, 0.3) is 10.0 Å². The summed E-state index contributed by atoms with van der Waals surface area (Å²) in [7, 11) is -2.41.